The van der Waals surface area contributed by atoms with Crippen LogP contribution in [0.2, 0.25) is 0 Å². The second kappa shape index (κ2) is 8.28. The number of ether oxygens (including phenoxy) is 1. The number of allylic oxidation sites excluding steroid dienone is 1. The number of benzene rings is 1. The molecule has 0 aromatic heterocycles. The number of carbonyl (C=O) groups is 2. The first-order valence-corrected chi connectivity index (χ1v) is 11.5. The topological polar surface area (TPSA) is 81.9 Å². The summed E-state index contributed by atoms with van der Waals surface area (Å²) in [6.07, 6.45) is 2.86. The molecule has 3 fully saturated rings. The lowest BCUT2D eigenvalue weighted by Gasteiger charge is -2.29. The highest BCUT2D eigenvalue weighted by atomic mass is 19.2. The zero-order valence-corrected chi connectivity index (χ0v) is 18.7. The van der Waals surface area contributed by atoms with Gasteiger partial charge in [0.2, 0.25) is 0 Å². The van der Waals surface area contributed by atoms with E-state index in [2.05, 4.69) is 4.65 Å². The lowest BCUT2D eigenvalue weighted by molar-refractivity contribution is -0.131. The Hall–Kier alpha value is -2.56. The highest BCUT2D eigenvalue weighted by Crippen LogP contribution is 2.57. The number of rotatable bonds is 5. The van der Waals surface area contributed by atoms with E-state index < -0.39 is 42.7 Å². The minimum atomic E-state index is -3.40. The van der Waals surface area contributed by atoms with Gasteiger partial charge in [0.1, 0.15) is 23.2 Å². The van der Waals surface area contributed by atoms with Crippen molar-refractivity contribution in [2.24, 2.45) is 17.1 Å². The second-order valence-electron chi connectivity index (χ2n) is 9.76. The van der Waals surface area contributed by atoms with Crippen LogP contribution in [0.5, 0.6) is 5.75 Å². The van der Waals surface area contributed by atoms with Gasteiger partial charge in [0.15, 0.2) is 11.6 Å². The maximum atomic E-state index is 15.6. The predicted octanol–water partition coefficient (Wildman–Crippen LogP) is 3.57. The van der Waals surface area contributed by atoms with Crippen LogP contribution in [-0.4, -0.2) is 51.6 Å². The Bertz CT molecular complexity index is 1080. The lowest BCUT2D eigenvalue weighted by atomic mass is 9.80. The van der Waals surface area contributed by atoms with Crippen molar-refractivity contribution >= 4 is 24.9 Å². The minimum Gasteiger partial charge on any atom is -0.494 e. The Morgan fingerprint density at radius 3 is 2.59 bits per heavy atom. The van der Waals surface area contributed by atoms with Gasteiger partial charge in [-0.1, -0.05) is 6.08 Å². The first kappa shape index (κ1) is 23.2. The number of fused-ring (bicyclic) bond motifs is 1. The molecule has 2 N–H and O–H groups in total. The van der Waals surface area contributed by atoms with Gasteiger partial charge in [-0.05, 0) is 50.0 Å². The SMILES string of the molecule is COc1c2c(cc(F)c1N1CC(N)C3(CC3)C1)C(=O)/C(C(=O)OB(F)F)=C\CCC2C1CC1F. The molecule has 0 bridgehead atoms. The van der Waals surface area contributed by atoms with Crippen LogP contribution < -0.4 is 15.4 Å². The smallest absolute Gasteiger partial charge is 0.494 e. The van der Waals surface area contributed by atoms with Crippen LogP contribution in [-0.2, 0) is 9.45 Å². The number of halogens is 4. The van der Waals surface area contributed by atoms with E-state index in [0.717, 1.165) is 18.9 Å². The normalized spacial score (nSPS) is 30.7. The number of hydrogen-bond acceptors (Lipinski definition) is 6. The van der Waals surface area contributed by atoms with Crippen molar-refractivity contribution in [3.63, 3.8) is 0 Å². The van der Waals surface area contributed by atoms with Gasteiger partial charge < -0.3 is 20.0 Å². The third-order valence-electron chi connectivity index (χ3n) is 7.75. The Morgan fingerprint density at radius 2 is 2.03 bits per heavy atom. The Balaban J connectivity index is 1.63. The van der Waals surface area contributed by atoms with E-state index in [9.17, 15) is 22.6 Å². The molecule has 4 unspecified atom stereocenters. The molecule has 3 aliphatic carbocycles. The quantitative estimate of drug-likeness (QED) is 0.395. The Morgan fingerprint density at radius 1 is 1.32 bits per heavy atom. The summed E-state index contributed by atoms with van der Waals surface area (Å²) in [5.41, 5.74) is 5.94. The molecule has 11 heteroatoms. The van der Waals surface area contributed by atoms with Gasteiger partial charge in [0, 0.05) is 35.7 Å². The fourth-order valence-corrected chi connectivity index (χ4v) is 5.68. The van der Waals surface area contributed by atoms with Crippen LogP contribution in [0, 0.1) is 17.2 Å². The molecule has 182 valence electrons. The average Bonchev–Trinajstić information content (AvgIpc) is 3.66. The standard InChI is InChI=1S/C23H25BF4N2O4/c1-33-21-18-11(13-7-15(13)25)3-2-4-12(22(32)34-24(27)28)20(31)14(18)8-16(26)19(21)30-9-17(29)23(10-30)5-6-23/h4,8,11,13,15,17H,2-3,5-7,9-10,29H2,1H3/b12-4+. The van der Waals surface area contributed by atoms with Gasteiger partial charge in [-0.3, -0.25) is 4.79 Å². The van der Waals surface area contributed by atoms with Crippen molar-refractivity contribution < 1.29 is 36.4 Å². The van der Waals surface area contributed by atoms with Crippen LogP contribution in [0.15, 0.2) is 17.7 Å². The second-order valence-corrected chi connectivity index (χ2v) is 9.76. The number of nitrogens with zero attached hydrogens (tertiary/aromatic N) is 1. The number of alkyl halides is 1. The lowest BCUT2D eigenvalue weighted by Crippen LogP contribution is -2.31. The number of methoxy groups -OCH3 is 1. The Labute approximate surface area is 194 Å². The van der Waals surface area contributed by atoms with E-state index in [1.54, 1.807) is 0 Å². The highest BCUT2D eigenvalue weighted by molar-refractivity contribution is 6.40. The maximum absolute atomic E-state index is 15.6. The van der Waals surface area contributed by atoms with Crippen molar-refractivity contribution in [1.82, 2.24) is 0 Å². The van der Waals surface area contributed by atoms with Crippen LogP contribution in [0.4, 0.5) is 23.1 Å². The molecule has 1 aromatic rings. The van der Waals surface area contributed by atoms with E-state index in [-0.39, 0.29) is 40.8 Å². The molecule has 4 atom stereocenters. The summed E-state index contributed by atoms with van der Waals surface area (Å²) in [7, 11) is -2.05. The molecule has 5 rings (SSSR count). The number of Topliss-reactive ketones (excluding diaryl/α,β-unsaturated/α-hetero) is 1. The highest BCUT2D eigenvalue weighted by Gasteiger charge is 2.55. The number of anilines is 1. The van der Waals surface area contributed by atoms with E-state index in [0.29, 0.717) is 31.5 Å². The van der Waals surface area contributed by atoms with Gasteiger partial charge in [-0.15, -0.1) is 0 Å². The molecule has 1 heterocycles. The fourth-order valence-electron chi connectivity index (χ4n) is 5.68. The van der Waals surface area contributed by atoms with Crippen LogP contribution in [0.1, 0.15) is 53.9 Å². The van der Waals surface area contributed by atoms with E-state index in [4.69, 9.17) is 10.5 Å². The molecular formula is C23H25BF4N2O4. The molecule has 4 aliphatic rings. The van der Waals surface area contributed by atoms with Crippen molar-refractivity contribution in [2.75, 3.05) is 25.1 Å². The summed E-state index contributed by atoms with van der Waals surface area (Å²) >= 11 is 0. The predicted molar refractivity (Wildman–Crippen MR) is 116 cm³/mol. The number of hydrogen-bond donors (Lipinski definition) is 1. The van der Waals surface area contributed by atoms with Gasteiger partial charge in [0.25, 0.3) is 0 Å². The third-order valence-corrected chi connectivity index (χ3v) is 7.75. The molecule has 34 heavy (non-hydrogen) atoms. The maximum Gasteiger partial charge on any atom is 0.798 e. The fraction of sp³-hybridized carbons (Fsp3) is 0.565. The van der Waals surface area contributed by atoms with Gasteiger partial charge in [-0.2, -0.15) is 0 Å². The molecule has 2 saturated carbocycles. The van der Waals surface area contributed by atoms with E-state index >= 15 is 4.39 Å². The summed E-state index contributed by atoms with van der Waals surface area (Å²) in [5, 5.41) is 0. The van der Waals surface area contributed by atoms with E-state index in [1.165, 1.54) is 13.2 Å². The molecular weight excluding hydrogens is 455 g/mol. The molecule has 1 spiro atoms. The first-order chi connectivity index (χ1) is 16.2. The summed E-state index contributed by atoms with van der Waals surface area (Å²) in [6, 6.07) is 0.879. The molecule has 1 aromatic carbocycles. The third kappa shape index (κ3) is 3.77. The van der Waals surface area contributed by atoms with Gasteiger partial charge >= 0.3 is 13.4 Å². The molecule has 0 amide bonds. The molecule has 6 nitrogen and oxygen atoms in total. The van der Waals surface area contributed by atoms with Crippen LogP contribution >= 0.6 is 0 Å². The largest absolute Gasteiger partial charge is 0.798 e. The van der Waals surface area contributed by atoms with Crippen molar-refractivity contribution in [3.8, 4) is 5.75 Å². The zero-order valence-electron chi connectivity index (χ0n) is 18.7. The Kier molecular flexibility index (Phi) is 5.65. The van der Waals surface area contributed by atoms with Crippen LogP contribution in [0.25, 0.3) is 0 Å². The average molecular weight is 480 g/mol. The van der Waals surface area contributed by atoms with Gasteiger partial charge in [-0.25, -0.2) is 22.2 Å². The van der Waals surface area contributed by atoms with E-state index in [1.807, 2.05) is 4.90 Å². The number of nitrogens with two attached hydrogens (primary N) is 1. The van der Waals surface area contributed by atoms with Crippen LogP contribution in [0.3, 0.4) is 0 Å². The zero-order chi connectivity index (χ0) is 24.4. The van der Waals surface area contributed by atoms with Crippen molar-refractivity contribution in [1.29, 1.82) is 0 Å². The van der Waals surface area contributed by atoms with Crippen molar-refractivity contribution in [2.45, 2.75) is 50.2 Å². The monoisotopic (exact) mass is 480 g/mol. The number of carbonyl (C=O) groups excluding carboxylic acids is 2. The molecule has 1 saturated heterocycles. The first-order valence-electron chi connectivity index (χ1n) is 11.5. The minimum absolute atomic E-state index is 0.0631. The van der Waals surface area contributed by atoms with Gasteiger partial charge in [0.05, 0.1) is 7.11 Å². The summed E-state index contributed by atoms with van der Waals surface area (Å²) in [4.78, 5) is 27.4. The molecule has 0 radical (unpaired) electrons. The summed E-state index contributed by atoms with van der Waals surface area (Å²) in [6.45, 7) is 0.950. The summed E-state index contributed by atoms with van der Waals surface area (Å²) in [5.74, 6) is -3.90. The number of ketones is 1. The molecule has 1 aliphatic heterocycles. The van der Waals surface area contributed by atoms with Crippen molar-refractivity contribution in [3.05, 3.63) is 34.7 Å². The summed E-state index contributed by atoms with van der Waals surface area (Å²) < 4.78 is 64.7.